The molecule has 2 aromatic rings. The third kappa shape index (κ3) is 3.92. The van der Waals surface area contributed by atoms with Crippen molar-refractivity contribution >= 4 is 34.8 Å². The number of nitrogens with zero attached hydrogens (tertiary/aromatic N) is 2. The van der Waals surface area contributed by atoms with Gasteiger partial charge < -0.3 is 9.64 Å². The summed E-state index contributed by atoms with van der Waals surface area (Å²) in [6.45, 7) is 0.457. The van der Waals surface area contributed by atoms with Gasteiger partial charge in [-0.1, -0.05) is 23.2 Å². The molecule has 0 saturated heterocycles. The lowest BCUT2D eigenvalue weighted by Gasteiger charge is -2.28. The van der Waals surface area contributed by atoms with Gasteiger partial charge in [-0.05, 0) is 41.8 Å². The van der Waals surface area contributed by atoms with E-state index in [0.717, 1.165) is 11.3 Å². The number of carbonyl (C=O) groups excluding carboxylic acids is 1. The number of fused-ring (bicyclic) bond motifs is 1. The molecular weight excluding hydrogens is 379 g/mol. The number of amides is 1. The topological polar surface area (TPSA) is 72.7 Å². The third-order valence-electron chi connectivity index (χ3n) is 4.30. The Morgan fingerprint density at radius 1 is 1.31 bits per heavy atom. The minimum Gasteiger partial charge on any atom is -0.492 e. The molecule has 136 valence electrons. The Labute approximate surface area is 160 Å². The van der Waals surface area contributed by atoms with E-state index in [9.17, 15) is 14.9 Å². The lowest BCUT2D eigenvalue weighted by molar-refractivity contribution is -0.384. The molecule has 2 aromatic carbocycles. The maximum Gasteiger partial charge on any atom is 0.269 e. The number of nitro benzene ring substituents is 1. The van der Waals surface area contributed by atoms with Crippen LogP contribution in [-0.2, 0) is 17.8 Å². The molecule has 0 aromatic heterocycles. The minimum absolute atomic E-state index is 0.0604. The quantitative estimate of drug-likeness (QED) is 0.577. The zero-order valence-corrected chi connectivity index (χ0v) is 15.5. The number of hydrogen-bond donors (Lipinski definition) is 0. The van der Waals surface area contributed by atoms with Crippen molar-refractivity contribution in [1.82, 2.24) is 4.90 Å². The molecule has 1 heterocycles. The van der Waals surface area contributed by atoms with E-state index < -0.39 is 4.92 Å². The van der Waals surface area contributed by atoms with Crippen LogP contribution in [0.1, 0.15) is 11.1 Å². The smallest absolute Gasteiger partial charge is 0.269 e. The van der Waals surface area contributed by atoms with E-state index in [0.29, 0.717) is 22.0 Å². The first-order chi connectivity index (χ1) is 12.3. The van der Waals surface area contributed by atoms with Gasteiger partial charge in [-0.2, -0.15) is 0 Å². The maximum atomic E-state index is 12.8. The number of carbonyl (C=O) groups is 1. The third-order valence-corrected chi connectivity index (χ3v) is 4.91. The van der Waals surface area contributed by atoms with E-state index in [-0.39, 0.29) is 30.7 Å². The monoisotopic (exact) mass is 394 g/mol. The summed E-state index contributed by atoms with van der Waals surface area (Å²) in [5.74, 6) is 0.282. The predicted octanol–water partition coefficient (Wildman–Crippen LogP) is 4.11. The summed E-state index contributed by atoms with van der Waals surface area (Å²) in [7, 11) is 1.64. The number of rotatable bonds is 4. The SMILES string of the molecule is CN(Cc1cc([N+](=O)[O-])ccc1Cl)C(=O)C1COc2ccc(Cl)cc2C1. The van der Waals surface area contributed by atoms with Gasteiger partial charge in [0.1, 0.15) is 12.4 Å². The minimum atomic E-state index is -0.489. The van der Waals surface area contributed by atoms with Gasteiger partial charge in [0.2, 0.25) is 5.91 Å². The molecule has 0 radical (unpaired) electrons. The highest BCUT2D eigenvalue weighted by atomic mass is 35.5. The molecule has 1 unspecified atom stereocenters. The number of hydrogen-bond acceptors (Lipinski definition) is 4. The highest BCUT2D eigenvalue weighted by molar-refractivity contribution is 6.31. The Kier molecular flexibility index (Phi) is 5.34. The molecule has 0 N–H and O–H groups in total. The first-order valence-corrected chi connectivity index (χ1v) is 8.69. The first-order valence-electron chi connectivity index (χ1n) is 7.94. The lowest BCUT2D eigenvalue weighted by atomic mass is 9.95. The Bertz CT molecular complexity index is 872. The largest absolute Gasteiger partial charge is 0.492 e. The molecule has 1 aliphatic heterocycles. The van der Waals surface area contributed by atoms with Crippen molar-refractivity contribution in [1.29, 1.82) is 0 Å². The summed E-state index contributed by atoms with van der Waals surface area (Å²) in [5.41, 5.74) is 1.36. The maximum absolute atomic E-state index is 12.8. The summed E-state index contributed by atoms with van der Waals surface area (Å²) in [6, 6.07) is 9.54. The zero-order chi connectivity index (χ0) is 18.8. The average Bonchev–Trinajstić information content (AvgIpc) is 2.61. The Morgan fingerprint density at radius 2 is 2.08 bits per heavy atom. The van der Waals surface area contributed by atoms with Crippen LogP contribution < -0.4 is 4.74 Å². The van der Waals surface area contributed by atoms with Crippen molar-refractivity contribution in [3.63, 3.8) is 0 Å². The first kappa shape index (κ1) is 18.5. The standard InChI is InChI=1S/C18H16Cl2N2O4/c1-21(9-12-8-15(22(24)25)3-4-16(12)20)18(23)13-6-11-7-14(19)2-5-17(11)26-10-13/h2-5,7-8,13H,6,9-10H2,1H3. The second-order valence-electron chi connectivity index (χ2n) is 6.19. The van der Waals surface area contributed by atoms with Crippen molar-refractivity contribution in [3.05, 3.63) is 67.7 Å². The molecule has 3 rings (SSSR count). The fourth-order valence-corrected chi connectivity index (χ4v) is 3.33. The lowest BCUT2D eigenvalue weighted by Crippen LogP contribution is -2.38. The predicted molar refractivity (Wildman–Crippen MR) is 98.7 cm³/mol. The second-order valence-corrected chi connectivity index (χ2v) is 7.03. The summed E-state index contributed by atoms with van der Waals surface area (Å²) >= 11 is 12.1. The van der Waals surface area contributed by atoms with Gasteiger partial charge in [-0.25, -0.2) is 0 Å². The molecule has 1 aliphatic rings. The van der Waals surface area contributed by atoms with Crippen LogP contribution in [0, 0.1) is 16.0 Å². The fraction of sp³-hybridized carbons (Fsp3) is 0.278. The van der Waals surface area contributed by atoms with Crippen LogP contribution in [-0.4, -0.2) is 29.4 Å². The second kappa shape index (κ2) is 7.51. The molecule has 0 bridgehead atoms. The molecular formula is C18H16Cl2N2O4. The Hall–Kier alpha value is -2.31. The van der Waals surface area contributed by atoms with Crippen molar-refractivity contribution < 1.29 is 14.5 Å². The molecule has 26 heavy (non-hydrogen) atoms. The Balaban J connectivity index is 1.73. The molecule has 1 atom stereocenters. The van der Waals surface area contributed by atoms with Crippen LogP contribution in [0.4, 0.5) is 5.69 Å². The van der Waals surface area contributed by atoms with E-state index in [2.05, 4.69) is 0 Å². The highest BCUT2D eigenvalue weighted by Gasteiger charge is 2.29. The van der Waals surface area contributed by atoms with Crippen LogP contribution in [0.5, 0.6) is 5.75 Å². The van der Waals surface area contributed by atoms with Crippen molar-refractivity contribution in [2.24, 2.45) is 5.92 Å². The molecule has 0 saturated carbocycles. The molecule has 0 spiro atoms. The molecule has 6 nitrogen and oxygen atoms in total. The van der Waals surface area contributed by atoms with E-state index in [1.54, 1.807) is 25.2 Å². The molecule has 1 amide bonds. The van der Waals surface area contributed by atoms with Gasteiger partial charge >= 0.3 is 0 Å². The average molecular weight is 395 g/mol. The van der Waals surface area contributed by atoms with Crippen molar-refractivity contribution in [2.45, 2.75) is 13.0 Å². The van der Waals surface area contributed by atoms with Crippen molar-refractivity contribution in [2.75, 3.05) is 13.7 Å². The molecule has 8 heteroatoms. The normalized spacial score (nSPS) is 15.7. The van der Waals surface area contributed by atoms with Gasteiger partial charge in [0.15, 0.2) is 0 Å². The highest BCUT2D eigenvalue weighted by Crippen LogP contribution is 2.31. The number of non-ortho nitro benzene ring substituents is 1. The summed E-state index contributed by atoms with van der Waals surface area (Å²) in [4.78, 5) is 24.7. The summed E-state index contributed by atoms with van der Waals surface area (Å²) in [5, 5.41) is 11.9. The van der Waals surface area contributed by atoms with Crippen LogP contribution in [0.15, 0.2) is 36.4 Å². The Morgan fingerprint density at radius 3 is 2.81 bits per heavy atom. The summed E-state index contributed by atoms with van der Waals surface area (Å²) < 4.78 is 5.67. The number of nitro groups is 1. The van der Waals surface area contributed by atoms with Gasteiger partial charge in [0.05, 0.1) is 10.8 Å². The summed E-state index contributed by atoms with van der Waals surface area (Å²) in [6.07, 6.45) is 0.530. The van der Waals surface area contributed by atoms with E-state index >= 15 is 0 Å². The number of halogens is 2. The molecule has 0 fully saturated rings. The van der Waals surface area contributed by atoms with Gasteiger partial charge in [0.25, 0.3) is 5.69 Å². The van der Waals surface area contributed by atoms with Crippen LogP contribution in [0.25, 0.3) is 0 Å². The molecule has 0 aliphatic carbocycles. The van der Waals surface area contributed by atoms with Crippen LogP contribution in [0.2, 0.25) is 10.0 Å². The van der Waals surface area contributed by atoms with Gasteiger partial charge in [-0.3, -0.25) is 14.9 Å². The van der Waals surface area contributed by atoms with E-state index in [1.807, 2.05) is 0 Å². The van der Waals surface area contributed by atoms with Crippen molar-refractivity contribution in [3.8, 4) is 5.75 Å². The number of benzene rings is 2. The fourth-order valence-electron chi connectivity index (χ4n) is 2.96. The van der Waals surface area contributed by atoms with E-state index in [4.69, 9.17) is 27.9 Å². The van der Waals surface area contributed by atoms with Gasteiger partial charge in [-0.15, -0.1) is 0 Å². The number of ether oxygens (including phenoxy) is 1. The van der Waals surface area contributed by atoms with Crippen LogP contribution in [0.3, 0.4) is 0 Å². The van der Waals surface area contributed by atoms with Crippen LogP contribution >= 0.6 is 23.2 Å². The van der Waals surface area contributed by atoms with E-state index in [1.165, 1.54) is 23.1 Å². The zero-order valence-electron chi connectivity index (χ0n) is 13.9. The van der Waals surface area contributed by atoms with Gasteiger partial charge in [0, 0.05) is 35.8 Å².